The molecule has 1 N–H and O–H groups in total. The van der Waals surface area contributed by atoms with Crippen molar-refractivity contribution in [3.8, 4) is 0 Å². The lowest BCUT2D eigenvalue weighted by Crippen LogP contribution is -2.50. The summed E-state index contributed by atoms with van der Waals surface area (Å²) in [4.78, 5) is 22.3. The Morgan fingerprint density at radius 3 is 2.21 bits per heavy atom. The van der Waals surface area contributed by atoms with E-state index in [4.69, 9.17) is 40.4 Å². The summed E-state index contributed by atoms with van der Waals surface area (Å²) in [5.41, 5.74) is 5.08. The molecule has 3 aromatic carbocycles. The molecular weight excluding hydrogens is 547 g/mol. The van der Waals surface area contributed by atoms with Crippen LogP contribution in [0.4, 0.5) is 5.69 Å². The number of hydrogen-bond donors (Lipinski definition) is 1. The van der Waals surface area contributed by atoms with Crippen molar-refractivity contribution in [2.24, 2.45) is 4.99 Å². The molecule has 1 aliphatic heterocycles. The number of benzene rings is 3. The minimum Gasteiger partial charge on any atom is -0.341 e. The van der Waals surface area contributed by atoms with Crippen molar-refractivity contribution in [1.29, 1.82) is 0 Å². The Morgan fingerprint density at radius 1 is 0.974 bits per heavy atom. The van der Waals surface area contributed by atoms with Crippen molar-refractivity contribution in [1.82, 2.24) is 10.2 Å². The van der Waals surface area contributed by atoms with E-state index in [1.807, 2.05) is 59.5 Å². The van der Waals surface area contributed by atoms with Crippen molar-refractivity contribution in [3.05, 3.63) is 123 Å². The fourth-order valence-corrected chi connectivity index (χ4v) is 5.41. The van der Waals surface area contributed by atoms with Gasteiger partial charge in [-0.05, 0) is 54.4 Å². The summed E-state index contributed by atoms with van der Waals surface area (Å²) >= 11 is 19.0. The lowest BCUT2D eigenvalue weighted by atomic mass is 9.96. The maximum absolute atomic E-state index is 13.8. The summed E-state index contributed by atoms with van der Waals surface area (Å²) in [6.07, 6.45) is 4.78. The molecule has 0 saturated heterocycles. The molecule has 1 aliphatic carbocycles. The molecule has 2 aliphatic rings. The van der Waals surface area contributed by atoms with Crippen LogP contribution in [0.5, 0.6) is 0 Å². The summed E-state index contributed by atoms with van der Waals surface area (Å²) in [7, 11) is 1.74. The molecule has 3 aromatic rings. The predicted molar refractivity (Wildman–Crippen MR) is 164 cm³/mol. The van der Waals surface area contributed by atoms with Gasteiger partial charge in [-0.25, -0.2) is 4.99 Å². The number of aliphatic imine (C=N–C) groups is 1. The summed E-state index contributed by atoms with van der Waals surface area (Å²) in [6, 6.07) is 25.7. The Bertz CT molecular complexity index is 1430. The molecular formula is C31H28Cl2N4OS. The first-order valence-electron chi connectivity index (χ1n) is 12.8. The molecule has 1 atom stereocenters. The second kappa shape index (κ2) is 12.2. The highest BCUT2D eigenvalue weighted by Crippen LogP contribution is 2.34. The molecule has 0 bridgehead atoms. The Hall–Kier alpha value is -3.45. The lowest BCUT2D eigenvalue weighted by molar-refractivity contribution is -0.119. The fraction of sp³-hybridized carbons (Fsp3) is 0.194. The monoisotopic (exact) mass is 574 g/mol. The Kier molecular flexibility index (Phi) is 8.46. The van der Waals surface area contributed by atoms with Gasteiger partial charge < -0.3 is 15.1 Å². The van der Waals surface area contributed by atoms with Gasteiger partial charge in [-0.15, -0.1) is 0 Å². The predicted octanol–water partition coefficient (Wildman–Crippen LogP) is 6.85. The summed E-state index contributed by atoms with van der Waals surface area (Å²) < 4.78 is 0. The van der Waals surface area contributed by atoms with Crippen molar-refractivity contribution in [3.63, 3.8) is 0 Å². The van der Waals surface area contributed by atoms with Crippen LogP contribution < -0.4 is 10.2 Å². The van der Waals surface area contributed by atoms with Gasteiger partial charge in [0.1, 0.15) is 0 Å². The number of nitrogens with zero attached hydrogens (tertiary/aromatic N) is 3. The van der Waals surface area contributed by atoms with E-state index in [-0.39, 0.29) is 5.91 Å². The smallest absolute Gasteiger partial charge is 0.272 e. The number of carbonyl (C=O) groups excluding carboxylic acids is 1. The second-order valence-electron chi connectivity index (χ2n) is 9.46. The van der Waals surface area contributed by atoms with Crippen LogP contribution in [-0.2, 0) is 17.9 Å². The number of thiocarbonyl (C=S) groups is 1. The molecule has 39 heavy (non-hydrogen) atoms. The van der Waals surface area contributed by atoms with Crippen molar-refractivity contribution < 1.29 is 4.79 Å². The molecule has 0 fully saturated rings. The molecule has 0 aromatic heterocycles. The number of carbonyl (C=O) groups is 1. The van der Waals surface area contributed by atoms with E-state index in [0.717, 1.165) is 35.1 Å². The molecule has 5 rings (SSSR count). The first-order valence-corrected chi connectivity index (χ1v) is 13.9. The zero-order valence-electron chi connectivity index (χ0n) is 21.5. The standard InChI is InChI=1S/C31H28Cl2N4OS/c1-36-27-17-16-23(32)18-25(27)28(24-14-8-9-15-26(24)33)34-29(30(36)38)35-31(39)37(19-21-10-4-2-5-11-21)20-22-12-6-3-7-13-22/h2-7,10-18,29H,8-9,19-20H2,1H3,(H,35,39). The van der Waals surface area contributed by atoms with E-state index in [2.05, 4.69) is 35.7 Å². The molecule has 198 valence electrons. The molecule has 5 nitrogen and oxygen atoms in total. The highest BCUT2D eigenvalue weighted by molar-refractivity contribution is 7.80. The Morgan fingerprint density at radius 2 is 1.59 bits per heavy atom. The third-order valence-corrected chi connectivity index (χ3v) is 7.70. The van der Waals surface area contributed by atoms with Gasteiger partial charge >= 0.3 is 0 Å². The van der Waals surface area contributed by atoms with Gasteiger partial charge in [0.25, 0.3) is 5.91 Å². The Balaban J connectivity index is 1.51. The van der Waals surface area contributed by atoms with Crippen molar-refractivity contribution in [2.45, 2.75) is 32.1 Å². The van der Waals surface area contributed by atoms with Gasteiger partial charge in [-0.3, -0.25) is 4.79 Å². The number of rotatable bonds is 6. The molecule has 1 unspecified atom stereocenters. The number of amides is 1. The zero-order valence-corrected chi connectivity index (χ0v) is 23.8. The van der Waals surface area contributed by atoms with E-state index in [9.17, 15) is 4.79 Å². The third-order valence-electron chi connectivity index (χ3n) is 6.73. The van der Waals surface area contributed by atoms with Gasteiger partial charge in [-0.2, -0.15) is 0 Å². The average Bonchev–Trinajstić information content (AvgIpc) is 3.04. The minimum absolute atomic E-state index is 0.230. The summed E-state index contributed by atoms with van der Waals surface area (Å²) in [6.45, 7) is 1.15. The van der Waals surface area contributed by atoms with Gasteiger partial charge in [0.2, 0.25) is 6.17 Å². The Labute approximate surface area is 244 Å². The van der Waals surface area contributed by atoms with E-state index in [1.54, 1.807) is 18.0 Å². The zero-order chi connectivity index (χ0) is 27.4. The number of allylic oxidation sites excluding steroid dienone is 4. The van der Waals surface area contributed by atoms with Crippen LogP contribution in [0, 0.1) is 0 Å². The molecule has 8 heteroatoms. The number of hydrogen-bond acceptors (Lipinski definition) is 3. The van der Waals surface area contributed by atoms with Crippen LogP contribution in [-0.4, -0.2) is 34.8 Å². The topological polar surface area (TPSA) is 47.9 Å². The van der Waals surface area contributed by atoms with E-state index < -0.39 is 6.17 Å². The minimum atomic E-state index is -0.954. The number of benzodiazepines with no additional fused rings is 1. The number of nitrogens with one attached hydrogen (secondary N) is 1. The van der Waals surface area contributed by atoms with Crippen LogP contribution in [0.3, 0.4) is 0 Å². The highest BCUT2D eigenvalue weighted by Gasteiger charge is 2.32. The average molecular weight is 576 g/mol. The van der Waals surface area contributed by atoms with E-state index in [0.29, 0.717) is 39.7 Å². The van der Waals surface area contributed by atoms with Crippen LogP contribution >= 0.6 is 35.4 Å². The third kappa shape index (κ3) is 6.25. The van der Waals surface area contributed by atoms with E-state index in [1.165, 1.54) is 0 Å². The van der Waals surface area contributed by atoms with Crippen LogP contribution in [0.1, 0.15) is 29.5 Å². The summed E-state index contributed by atoms with van der Waals surface area (Å²) in [5, 5.41) is 4.86. The van der Waals surface area contributed by atoms with Crippen LogP contribution in [0.2, 0.25) is 5.02 Å². The number of halogens is 2. The van der Waals surface area contributed by atoms with Gasteiger partial charge in [0.05, 0.1) is 11.4 Å². The SMILES string of the molecule is CN1C(=O)C(NC(=S)N(Cc2ccccc2)Cc2ccccc2)N=C(C2=CCCC=C2Cl)c2cc(Cl)ccc21. The first kappa shape index (κ1) is 27.1. The number of anilines is 1. The molecule has 0 saturated carbocycles. The quantitative estimate of drug-likeness (QED) is 0.327. The van der Waals surface area contributed by atoms with Crippen LogP contribution in [0.25, 0.3) is 0 Å². The first-order chi connectivity index (χ1) is 18.9. The maximum Gasteiger partial charge on any atom is 0.272 e. The van der Waals surface area contributed by atoms with Crippen molar-refractivity contribution in [2.75, 3.05) is 11.9 Å². The summed E-state index contributed by atoms with van der Waals surface area (Å²) in [5.74, 6) is -0.230. The van der Waals surface area contributed by atoms with Crippen molar-refractivity contribution >= 4 is 57.8 Å². The lowest BCUT2D eigenvalue weighted by Gasteiger charge is -2.29. The fourth-order valence-electron chi connectivity index (χ4n) is 4.73. The van der Waals surface area contributed by atoms with Gasteiger partial charge in [0.15, 0.2) is 5.11 Å². The highest BCUT2D eigenvalue weighted by atomic mass is 35.5. The molecule has 1 heterocycles. The number of fused-ring (bicyclic) bond motifs is 1. The van der Waals surface area contributed by atoms with Gasteiger partial charge in [0, 0.05) is 41.3 Å². The maximum atomic E-state index is 13.8. The van der Waals surface area contributed by atoms with Crippen LogP contribution in [0.15, 0.2) is 107 Å². The second-order valence-corrected chi connectivity index (χ2v) is 10.7. The van der Waals surface area contributed by atoms with Gasteiger partial charge in [-0.1, -0.05) is 96.0 Å². The normalized spacial score (nSPS) is 16.9. The number of likely N-dealkylation sites (N-methyl/N-ethyl adjacent to an activating group) is 1. The molecule has 0 radical (unpaired) electrons. The largest absolute Gasteiger partial charge is 0.341 e. The molecule has 1 amide bonds. The van der Waals surface area contributed by atoms with E-state index >= 15 is 0 Å². The molecule has 0 spiro atoms.